The van der Waals surface area contributed by atoms with Crippen LogP contribution in [0.5, 0.6) is 0 Å². The number of rotatable bonds is 7. The summed E-state index contributed by atoms with van der Waals surface area (Å²) in [5, 5.41) is 20.0. The molecule has 0 bridgehead atoms. The first-order valence-electron chi connectivity index (χ1n) is 8.17. The van der Waals surface area contributed by atoms with Crippen molar-refractivity contribution in [2.45, 2.75) is 36.6 Å². The molecule has 6 atom stereocenters. The van der Waals surface area contributed by atoms with E-state index in [1.807, 2.05) is 0 Å². The van der Waals surface area contributed by atoms with Gasteiger partial charge in [0.05, 0.1) is 6.33 Å². The van der Waals surface area contributed by atoms with Gasteiger partial charge in [0.15, 0.2) is 30.2 Å². The van der Waals surface area contributed by atoms with Crippen LogP contribution in [0.25, 0.3) is 11.2 Å². The fraction of sp³-hybridized carbons (Fsp3) is 0.583. The molecule has 2 aromatic heterocycles. The molecule has 1 aliphatic heterocycles. The van der Waals surface area contributed by atoms with Crippen LogP contribution >= 0.6 is 15.2 Å². The van der Waals surface area contributed by atoms with Gasteiger partial charge >= 0.3 is 20.9 Å². The van der Waals surface area contributed by atoms with E-state index in [4.69, 9.17) is 20.3 Å². The lowest BCUT2D eigenvalue weighted by molar-refractivity contribution is -0.155. The van der Waals surface area contributed by atoms with Gasteiger partial charge in [-0.3, -0.25) is 18.2 Å². The van der Waals surface area contributed by atoms with Crippen molar-refractivity contribution in [1.29, 1.82) is 0 Å². The highest BCUT2D eigenvalue weighted by molar-refractivity contribution is 7.57. The average Bonchev–Trinajstić information content (AvgIpc) is 3.15. The van der Waals surface area contributed by atoms with E-state index in [-0.39, 0.29) is 17.0 Å². The standard InChI is InChI=1S/C12H16F3N5O9P2/c13-4-6(21)10(20-3-19-5-8(16)17-2-18-9(5)20)28-7(4)11(22)29-31(26,27)12(14,15)1-30(23,24)25/h2-4,6-7,10-11,21-22H,1H2,(H,26,27)(H2,16,17,18)(H2,23,24,25)/t4-,6+,7-,10+,11?/m0/s1. The highest BCUT2D eigenvalue weighted by atomic mass is 31.2. The maximum atomic E-state index is 14.5. The van der Waals surface area contributed by atoms with Crippen molar-refractivity contribution in [1.82, 2.24) is 19.5 Å². The lowest BCUT2D eigenvalue weighted by Crippen LogP contribution is -2.38. The SMILES string of the molecule is Nc1ncnc2c1ncn2[C@@H]1O[C@H](C(O)OP(=O)(O)C(F)(F)CP(=O)(O)O)[C@@H](F)[C@H]1O. The Balaban J connectivity index is 1.81. The molecule has 0 aliphatic carbocycles. The van der Waals surface area contributed by atoms with Crippen LogP contribution < -0.4 is 5.73 Å². The van der Waals surface area contributed by atoms with Crippen molar-refractivity contribution in [2.24, 2.45) is 0 Å². The van der Waals surface area contributed by atoms with E-state index in [0.717, 1.165) is 17.2 Å². The van der Waals surface area contributed by atoms with Gasteiger partial charge in [-0.1, -0.05) is 0 Å². The van der Waals surface area contributed by atoms with E-state index in [9.17, 15) is 37.4 Å². The summed E-state index contributed by atoms with van der Waals surface area (Å²) in [7, 11) is -11.7. The van der Waals surface area contributed by atoms with Gasteiger partial charge in [0, 0.05) is 0 Å². The largest absolute Gasteiger partial charge is 0.400 e. The molecular weight excluding hydrogens is 477 g/mol. The predicted molar refractivity (Wildman–Crippen MR) is 93.3 cm³/mol. The molecule has 1 aliphatic rings. The van der Waals surface area contributed by atoms with Crippen molar-refractivity contribution in [3.05, 3.63) is 12.7 Å². The van der Waals surface area contributed by atoms with Gasteiger partial charge in [-0.25, -0.2) is 19.3 Å². The van der Waals surface area contributed by atoms with Gasteiger partial charge in [0.2, 0.25) is 0 Å². The maximum absolute atomic E-state index is 14.5. The second-order valence-electron chi connectivity index (χ2n) is 6.51. The Morgan fingerprint density at radius 3 is 2.55 bits per heavy atom. The third kappa shape index (κ3) is 4.60. The Hall–Kier alpha value is -1.68. The molecule has 2 aromatic rings. The van der Waals surface area contributed by atoms with Crippen LogP contribution in [0.3, 0.4) is 0 Å². The number of nitrogens with zero attached hydrogens (tertiary/aromatic N) is 4. The molecule has 1 saturated heterocycles. The second-order valence-corrected chi connectivity index (χ2v) is 10.1. The molecule has 2 unspecified atom stereocenters. The number of aromatic nitrogens is 4. The quantitative estimate of drug-likeness (QED) is 0.208. The number of ether oxygens (including phenoxy) is 1. The number of imidazole rings is 1. The van der Waals surface area contributed by atoms with E-state index < -0.39 is 57.9 Å². The molecule has 19 heteroatoms. The lowest BCUT2D eigenvalue weighted by atomic mass is 10.1. The first kappa shape index (κ1) is 24.0. The molecule has 174 valence electrons. The highest BCUT2D eigenvalue weighted by Gasteiger charge is 2.58. The zero-order chi connectivity index (χ0) is 23.4. The summed E-state index contributed by atoms with van der Waals surface area (Å²) in [6, 6.07) is 0. The van der Waals surface area contributed by atoms with Crippen LogP contribution in [0.15, 0.2) is 12.7 Å². The zero-order valence-corrected chi connectivity index (χ0v) is 16.8. The van der Waals surface area contributed by atoms with Crippen molar-refractivity contribution in [3.8, 4) is 0 Å². The number of fused-ring (bicyclic) bond motifs is 1. The van der Waals surface area contributed by atoms with Crippen LogP contribution in [-0.2, 0) is 18.4 Å². The number of aliphatic hydroxyl groups excluding tert-OH is 2. The number of nitrogens with two attached hydrogens (primary N) is 1. The van der Waals surface area contributed by atoms with E-state index in [1.165, 1.54) is 0 Å². The minimum absolute atomic E-state index is 0.0131. The average molecular weight is 493 g/mol. The Labute approximate surface area is 170 Å². The smallest absolute Gasteiger partial charge is 0.385 e. The molecular formula is C12H16F3N5O9P2. The number of alkyl halides is 3. The number of hydrogen-bond donors (Lipinski definition) is 6. The fourth-order valence-corrected chi connectivity index (χ4v) is 5.13. The van der Waals surface area contributed by atoms with E-state index >= 15 is 0 Å². The third-order valence-corrected chi connectivity index (χ3v) is 6.78. The van der Waals surface area contributed by atoms with E-state index in [1.54, 1.807) is 0 Å². The van der Waals surface area contributed by atoms with Crippen LogP contribution in [-0.4, -0.2) is 80.9 Å². The molecule has 0 saturated carbocycles. The molecule has 3 rings (SSSR count). The topological polar surface area (TPSA) is 223 Å². The maximum Gasteiger partial charge on any atom is 0.400 e. The minimum atomic E-state index is -6.23. The molecule has 0 amide bonds. The van der Waals surface area contributed by atoms with Gasteiger partial charge in [-0.2, -0.15) is 8.78 Å². The van der Waals surface area contributed by atoms with Gasteiger partial charge in [-0.05, 0) is 0 Å². The van der Waals surface area contributed by atoms with Crippen molar-refractivity contribution >= 4 is 32.2 Å². The van der Waals surface area contributed by atoms with Crippen LogP contribution in [0.2, 0.25) is 0 Å². The molecule has 0 radical (unpaired) electrons. The first-order chi connectivity index (χ1) is 14.1. The molecule has 0 spiro atoms. The number of anilines is 1. The lowest BCUT2D eigenvalue weighted by Gasteiger charge is -2.27. The van der Waals surface area contributed by atoms with Gasteiger partial charge < -0.3 is 35.4 Å². The summed E-state index contributed by atoms with van der Waals surface area (Å²) in [4.78, 5) is 38.0. The van der Waals surface area contributed by atoms with Crippen LogP contribution in [0.1, 0.15) is 6.23 Å². The van der Waals surface area contributed by atoms with Crippen LogP contribution in [0.4, 0.5) is 19.0 Å². The van der Waals surface area contributed by atoms with Crippen molar-refractivity contribution in [3.63, 3.8) is 0 Å². The summed E-state index contributed by atoms with van der Waals surface area (Å²) in [5.74, 6) is -0.0542. The van der Waals surface area contributed by atoms with Crippen LogP contribution in [0, 0.1) is 0 Å². The second kappa shape index (κ2) is 8.03. The van der Waals surface area contributed by atoms with Crippen molar-refractivity contribution < 1.29 is 56.5 Å². The Bertz CT molecular complexity index is 1070. The van der Waals surface area contributed by atoms with Crippen molar-refractivity contribution in [2.75, 3.05) is 11.9 Å². The molecule has 14 nitrogen and oxygen atoms in total. The highest BCUT2D eigenvalue weighted by Crippen LogP contribution is 2.62. The normalized spacial score (nSPS) is 28.0. The van der Waals surface area contributed by atoms with E-state index in [0.29, 0.717) is 0 Å². The number of aliphatic hydroxyl groups is 2. The number of hydrogen-bond acceptors (Lipinski definition) is 10. The predicted octanol–water partition coefficient (Wildman–Crippen LogP) is -0.704. The minimum Gasteiger partial charge on any atom is -0.385 e. The molecule has 0 aromatic carbocycles. The summed E-state index contributed by atoms with van der Waals surface area (Å²) < 4.78 is 74.6. The first-order valence-corrected chi connectivity index (χ1v) is 11.5. The molecule has 1 fully saturated rings. The summed E-state index contributed by atoms with van der Waals surface area (Å²) in [6.45, 7) is 0. The number of nitrogen functional groups attached to an aromatic ring is 1. The third-order valence-electron chi connectivity index (χ3n) is 4.23. The van der Waals surface area contributed by atoms with Gasteiger partial charge in [-0.15, -0.1) is 0 Å². The summed E-state index contributed by atoms with van der Waals surface area (Å²) in [5.41, 5.74) is 0.676. The Morgan fingerprint density at radius 2 is 1.94 bits per heavy atom. The number of halogens is 3. The Kier molecular flexibility index (Phi) is 6.21. The Morgan fingerprint density at radius 1 is 1.29 bits per heavy atom. The molecule has 31 heavy (non-hydrogen) atoms. The van der Waals surface area contributed by atoms with E-state index in [2.05, 4.69) is 19.5 Å². The monoisotopic (exact) mass is 493 g/mol. The fourth-order valence-electron chi connectivity index (χ4n) is 2.80. The summed E-state index contributed by atoms with van der Waals surface area (Å²) >= 11 is 0. The summed E-state index contributed by atoms with van der Waals surface area (Å²) in [6.07, 6.45) is -11.5. The zero-order valence-electron chi connectivity index (χ0n) is 15.0. The van der Waals surface area contributed by atoms with Gasteiger partial charge in [0.1, 0.15) is 30.2 Å². The molecule has 3 heterocycles. The molecule has 7 N–H and O–H groups in total. The van der Waals surface area contributed by atoms with Gasteiger partial charge in [0.25, 0.3) is 0 Å².